The molecule has 1 N–H and O–H groups in total. The molecule has 3 heterocycles. The van der Waals surface area contributed by atoms with Gasteiger partial charge >= 0.3 is 5.69 Å². The van der Waals surface area contributed by atoms with E-state index in [2.05, 4.69) is 29.2 Å². The number of carbonyl (C=O) groups is 1. The summed E-state index contributed by atoms with van der Waals surface area (Å²) >= 11 is 0. The normalized spacial score (nSPS) is 17.0. The van der Waals surface area contributed by atoms with Crippen LogP contribution in [0.15, 0.2) is 46.0 Å². The number of carbonyl (C=O) groups excluding carboxylic acids is 1. The molecule has 5 rings (SSSR count). The Morgan fingerprint density at radius 3 is 2.44 bits per heavy atom. The van der Waals surface area contributed by atoms with Crippen molar-refractivity contribution >= 4 is 16.9 Å². The third-order valence-electron chi connectivity index (χ3n) is 7.01. The van der Waals surface area contributed by atoms with E-state index in [1.807, 2.05) is 24.8 Å². The number of aromatic amines is 1. The van der Waals surface area contributed by atoms with Crippen LogP contribution in [0.4, 0.5) is 0 Å². The van der Waals surface area contributed by atoms with Gasteiger partial charge in [0, 0.05) is 31.2 Å². The maximum absolute atomic E-state index is 13.7. The van der Waals surface area contributed by atoms with Crippen LogP contribution in [-0.2, 0) is 13.0 Å². The molecule has 0 unspecified atom stereocenters. The number of piperidine rings is 1. The Labute approximate surface area is 198 Å². The number of hydrogen-bond acceptors (Lipinski definition) is 4. The lowest BCUT2D eigenvalue weighted by Crippen LogP contribution is -2.40. The molecule has 0 atom stereocenters. The Hall–Kier alpha value is -3.22. The van der Waals surface area contributed by atoms with Gasteiger partial charge in [-0.25, -0.2) is 9.78 Å². The molecule has 1 aliphatic carbocycles. The van der Waals surface area contributed by atoms with Gasteiger partial charge in [0.2, 0.25) is 0 Å². The maximum Gasteiger partial charge on any atom is 0.330 e. The lowest BCUT2D eigenvalue weighted by molar-refractivity contribution is 0.0692. The molecule has 7 heteroatoms. The predicted octanol–water partition coefficient (Wildman–Crippen LogP) is 3.71. The van der Waals surface area contributed by atoms with Gasteiger partial charge in [-0.2, -0.15) is 0 Å². The first kappa shape index (κ1) is 22.6. The van der Waals surface area contributed by atoms with Crippen LogP contribution in [-0.4, -0.2) is 38.4 Å². The molecular formula is C27H32N4O3. The first-order chi connectivity index (χ1) is 16.4. The monoisotopic (exact) mass is 460 g/mol. The maximum atomic E-state index is 13.7. The Kier molecular flexibility index (Phi) is 6.11. The van der Waals surface area contributed by atoms with E-state index in [9.17, 15) is 14.4 Å². The van der Waals surface area contributed by atoms with E-state index in [0.29, 0.717) is 42.7 Å². The summed E-state index contributed by atoms with van der Waals surface area (Å²) in [7, 11) is 0. The van der Waals surface area contributed by atoms with Gasteiger partial charge < -0.3 is 4.90 Å². The highest BCUT2D eigenvalue weighted by Crippen LogP contribution is 2.40. The van der Waals surface area contributed by atoms with Crippen molar-refractivity contribution in [1.82, 2.24) is 19.4 Å². The van der Waals surface area contributed by atoms with Crippen LogP contribution >= 0.6 is 0 Å². The van der Waals surface area contributed by atoms with Gasteiger partial charge in [-0.15, -0.1) is 0 Å². The molecule has 1 amide bonds. The zero-order chi connectivity index (χ0) is 23.8. The van der Waals surface area contributed by atoms with Crippen molar-refractivity contribution in [2.45, 2.75) is 58.4 Å². The molecule has 2 fully saturated rings. The van der Waals surface area contributed by atoms with Crippen molar-refractivity contribution in [2.24, 2.45) is 11.8 Å². The number of fused-ring (bicyclic) bond motifs is 1. The first-order valence-electron chi connectivity index (χ1n) is 12.4. The number of H-pyrrole nitrogens is 1. The van der Waals surface area contributed by atoms with Gasteiger partial charge in [-0.3, -0.25) is 19.1 Å². The summed E-state index contributed by atoms with van der Waals surface area (Å²) in [6, 6.07) is 12.3. The quantitative estimate of drug-likeness (QED) is 0.607. The Morgan fingerprint density at radius 1 is 1.09 bits per heavy atom. The highest BCUT2D eigenvalue weighted by molar-refractivity contribution is 6.05. The zero-order valence-electron chi connectivity index (χ0n) is 19.9. The van der Waals surface area contributed by atoms with Crippen LogP contribution in [0.1, 0.15) is 67.1 Å². The number of nitrogens with one attached hydrogen (secondary N) is 1. The van der Waals surface area contributed by atoms with Crippen LogP contribution in [0.5, 0.6) is 0 Å². The number of hydrogen-bond donors (Lipinski definition) is 1. The highest BCUT2D eigenvalue weighted by atomic mass is 16.2. The fraction of sp³-hybridized carbons (Fsp3) is 0.481. The zero-order valence-corrected chi connectivity index (χ0v) is 19.9. The molecule has 34 heavy (non-hydrogen) atoms. The standard InChI is InChI=1S/C27H32N4O3/c1-17(2)16-31-24-23(25(32)29-27(31)34)21(15-22(28-24)20-8-9-20)26(33)30-12-10-19(11-13-30)14-18-6-4-3-5-7-18/h3-7,15,17,19-20H,8-14,16H2,1-2H3,(H,29,32,34). The molecule has 0 bridgehead atoms. The Balaban J connectivity index is 1.46. The number of likely N-dealkylation sites (tertiary alicyclic amines) is 1. The molecule has 1 saturated heterocycles. The van der Waals surface area contributed by atoms with E-state index in [0.717, 1.165) is 37.8 Å². The van der Waals surface area contributed by atoms with Crippen LogP contribution in [0.25, 0.3) is 11.0 Å². The van der Waals surface area contributed by atoms with Gasteiger partial charge in [0.05, 0.1) is 10.9 Å². The van der Waals surface area contributed by atoms with Crippen LogP contribution < -0.4 is 11.2 Å². The average molecular weight is 461 g/mol. The molecule has 1 aromatic carbocycles. The fourth-order valence-corrected chi connectivity index (χ4v) is 5.04. The molecule has 2 aliphatic rings. The molecule has 0 spiro atoms. The van der Waals surface area contributed by atoms with Crippen molar-refractivity contribution in [2.75, 3.05) is 13.1 Å². The van der Waals surface area contributed by atoms with Crippen molar-refractivity contribution in [3.05, 3.63) is 74.1 Å². The summed E-state index contributed by atoms with van der Waals surface area (Å²) in [5, 5.41) is 0.237. The van der Waals surface area contributed by atoms with Gasteiger partial charge in [0.1, 0.15) is 0 Å². The number of pyridine rings is 1. The molecule has 0 radical (unpaired) electrons. The summed E-state index contributed by atoms with van der Waals surface area (Å²) in [6.07, 6.45) is 4.94. The van der Waals surface area contributed by atoms with Gasteiger partial charge in [0.25, 0.3) is 11.5 Å². The molecule has 178 valence electrons. The third kappa shape index (κ3) is 4.56. The minimum absolute atomic E-state index is 0.132. The second-order valence-electron chi connectivity index (χ2n) is 10.3. The molecule has 1 aliphatic heterocycles. The first-order valence-corrected chi connectivity index (χ1v) is 12.4. The van der Waals surface area contributed by atoms with E-state index >= 15 is 0 Å². The number of amides is 1. The summed E-state index contributed by atoms with van der Waals surface area (Å²) in [6.45, 7) is 5.80. The van der Waals surface area contributed by atoms with E-state index < -0.39 is 11.2 Å². The molecule has 7 nitrogen and oxygen atoms in total. The summed E-state index contributed by atoms with van der Waals surface area (Å²) in [4.78, 5) is 48.3. The van der Waals surface area contributed by atoms with E-state index in [-0.39, 0.29) is 17.2 Å². The second-order valence-corrected chi connectivity index (χ2v) is 10.3. The molecule has 3 aromatic rings. The summed E-state index contributed by atoms with van der Waals surface area (Å²) < 4.78 is 1.52. The van der Waals surface area contributed by atoms with Crippen molar-refractivity contribution in [3.8, 4) is 0 Å². The molecular weight excluding hydrogens is 428 g/mol. The number of nitrogens with zero attached hydrogens (tertiary/aromatic N) is 3. The lowest BCUT2D eigenvalue weighted by atomic mass is 9.90. The Morgan fingerprint density at radius 2 is 1.79 bits per heavy atom. The predicted molar refractivity (Wildman–Crippen MR) is 132 cm³/mol. The van der Waals surface area contributed by atoms with E-state index in [1.54, 1.807) is 6.07 Å². The van der Waals surface area contributed by atoms with Gasteiger partial charge in [-0.1, -0.05) is 44.2 Å². The van der Waals surface area contributed by atoms with Crippen LogP contribution in [0.2, 0.25) is 0 Å². The van der Waals surface area contributed by atoms with Gasteiger partial charge in [-0.05, 0) is 55.6 Å². The number of benzene rings is 1. The summed E-state index contributed by atoms with van der Waals surface area (Å²) in [5.41, 5.74) is 1.87. The van der Waals surface area contributed by atoms with E-state index in [1.165, 1.54) is 10.1 Å². The summed E-state index contributed by atoms with van der Waals surface area (Å²) in [5.74, 6) is 0.908. The van der Waals surface area contributed by atoms with E-state index in [4.69, 9.17) is 4.98 Å². The fourth-order valence-electron chi connectivity index (χ4n) is 5.04. The molecule has 2 aromatic heterocycles. The smallest absolute Gasteiger partial charge is 0.330 e. The van der Waals surface area contributed by atoms with Crippen molar-refractivity contribution < 1.29 is 4.79 Å². The topological polar surface area (TPSA) is 88.1 Å². The number of rotatable bonds is 6. The van der Waals surface area contributed by atoms with Crippen molar-refractivity contribution in [3.63, 3.8) is 0 Å². The number of aromatic nitrogens is 3. The van der Waals surface area contributed by atoms with Crippen LogP contribution in [0.3, 0.4) is 0 Å². The highest BCUT2D eigenvalue weighted by Gasteiger charge is 2.31. The second kappa shape index (κ2) is 9.20. The van der Waals surface area contributed by atoms with Gasteiger partial charge in [0.15, 0.2) is 5.65 Å². The largest absolute Gasteiger partial charge is 0.339 e. The van der Waals surface area contributed by atoms with Crippen LogP contribution in [0, 0.1) is 11.8 Å². The Bertz CT molecular complexity index is 1310. The minimum Gasteiger partial charge on any atom is -0.339 e. The average Bonchev–Trinajstić information content (AvgIpc) is 3.67. The molecule has 1 saturated carbocycles. The lowest BCUT2D eigenvalue weighted by Gasteiger charge is -2.32. The SMILES string of the molecule is CC(C)Cn1c(=O)[nH]c(=O)c2c(C(=O)N3CCC(Cc4ccccc4)CC3)cc(C3CC3)nc21. The minimum atomic E-state index is -0.530. The van der Waals surface area contributed by atoms with Crippen molar-refractivity contribution in [1.29, 1.82) is 0 Å². The third-order valence-corrected chi connectivity index (χ3v) is 7.01.